The fourth-order valence-corrected chi connectivity index (χ4v) is 4.53. The predicted octanol–water partition coefficient (Wildman–Crippen LogP) is 5.30. The summed E-state index contributed by atoms with van der Waals surface area (Å²) in [6, 6.07) is 24.0. The van der Waals surface area contributed by atoms with Gasteiger partial charge in [-0.3, -0.25) is 9.69 Å². The van der Waals surface area contributed by atoms with Gasteiger partial charge in [0, 0.05) is 29.2 Å². The van der Waals surface area contributed by atoms with Crippen LogP contribution >= 0.6 is 11.8 Å². The maximum absolute atomic E-state index is 13.2. The van der Waals surface area contributed by atoms with Gasteiger partial charge in [-0.25, -0.2) is 4.39 Å². The molecule has 0 N–H and O–H groups in total. The average molecular weight is 443 g/mol. The second-order valence-electron chi connectivity index (χ2n) is 7.34. The zero-order chi connectivity index (χ0) is 21.9. The van der Waals surface area contributed by atoms with Crippen LogP contribution in [0.25, 0.3) is 10.9 Å². The monoisotopic (exact) mass is 442 g/mol. The number of fused-ring (bicyclic) bond motifs is 1. The van der Waals surface area contributed by atoms with Crippen molar-refractivity contribution in [3.05, 3.63) is 102 Å². The Hall–Kier alpha value is -3.71. The van der Waals surface area contributed by atoms with E-state index in [1.807, 2.05) is 60.8 Å². The molecule has 0 saturated carbocycles. The number of carbonyl (C=O) groups is 1. The van der Waals surface area contributed by atoms with E-state index in [9.17, 15) is 9.18 Å². The van der Waals surface area contributed by atoms with Crippen molar-refractivity contribution in [1.29, 1.82) is 0 Å². The second kappa shape index (κ2) is 8.80. The SMILES string of the molecule is O=C1CSC(=NN=Cc2cn(Cc3ccc(F)cc3)c3ccccc23)N1c1ccccc1. The number of hydrogen-bond donors (Lipinski definition) is 0. The van der Waals surface area contributed by atoms with Gasteiger partial charge in [0.2, 0.25) is 5.91 Å². The molecule has 0 atom stereocenters. The summed E-state index contributed by atoms with van der Waals surface area (Å²) < 4.78 is 15.4. The molecule has 1 aromatic heterocycles. The molecular formula is C25H19FN4OS. The number of para-hydroxylation sites is 2. The number of aromatic nitrogens is 1. The van der Waals surface area contributed by atoms with E-state index in [1.54, 1.807) is 23.2 Å². The van der Waals surface area contributed by atoms with Gasteiger partial charge in [0.05, 0.1) is 17.7 Å². The number of amidine groups is 1. The molecule has 7 heteroatoms. The number of hydrogen-bond acceptors (Lipinski definition) is 4. The quantitative estimate of drug-likeness (QED) is 0.311. The average Bonchev–Trinajstić information content (AvgIpc) is 3.36. The first kappa shape index (κ1) is 20.2. The molecule has 0 unspecified atom stereocenters. The third-order valence-electron chi connectivity index (χ3n) is 5.21. The summed E-state index contributed by atoms with van der Waals surface area (Å²) in [5, 5.41) is 10.3. The van der Waals surface area contributed by atoms with Crippen molar-refractivity contribution in [2.24, 2.45) is 10.2 Å². The molecule has 32 heavy (non-hydrogen) atoms. The zero-order valence-corrected chi connectivity index (χ0v) is 17.9. The minimum Gasteiger partial charge on any atom is -0.342 e. The molecule has 158 valence electrons. The van der Waals surface area contributed by atoms with Crippen LogP contribution in [0, 0.1) is 5.82 Å². The first-order chi connectivity index (χ1) is 15.7. The van der Waals surface area contributed by atoms with Crippen LogP contribution < -0.4 is 4.90 Å². The third-order valence-corrected chi connectivity index (χ3v) is 6.12. The summed E-state index contributed by atoms with van der Waals surface area (Å²) in [6.45, 7) is 0.620. The molecule has 1 fully saturated rings. The van der Waals surface area contributed by atoms with Crippen LogP contribution in [-0.4, -0.2) is 27.6 Å². The van der Waals surface area contributed by atoms with E-state index in [0.717, 1.165) is 27.7 Å². The van der Waals surface area contributed by atoms with Gasteiger partial charge < -0.3 is 4.57 Å². The standard InChI is InChI=1S/C25H19FN4OS/c26-20-12-10-18(11-13-20)15-29-16-19(22-8-4-5-9-23(22)29)14-27-28-25-30(24(31)17-32-25)21-6-2-1-3-7-21/h1-14,16H,15,17H2. The fraction of sp³-hybridized carbons (Fsp3) is 0.0800. The van der Waals surface area contributed by atoms with Crippen LogP contribution in [0.4, 0.5) is 10.1 Å². The highest BCUT2D eigenvalue weighted by Crippen LogP contribution is 2.27. The maximum Gasteiger partial charge on any atom is 0.243 e. The minimum atomic E-state index is -0.245. The van der Waals surface area contributed by atoms with Gasteiger partial charge in [0.25, 0.3) is 0 Å². The normalized spacial score (nSPS) is 15.5. The zero-order valence-electron chi connectivity index (χ0n) is 17.1. The van der Waals surface area contributed by atoms with Crippen LogP contribution in [0.3, 0.4) is 0 Å². The number of carbonyl (C=O) groups excluding carboxylic acids is 1. The first-order valence-corrected chi connectivity index (χ1v) is 11.1. The van der Waals surface area contributed by atoms with Crippen molar-refractivity contribution < 1.29 is 9.18 Å². The summed E-state index contributed by atoms with van der Waals surface area (Å²) in [5.41, 5.74) is 3.78. The molecule has 0 spiro atoms. The van der Waals surface area contributed by atoms with Gasteiger partial charge in [-0.15, -0.1) is 5.10 Å². The van der Waals surface area contributed by atoms with Gasteiger partial charge in [0.1, 0.15) is 5.82 Å². The van der Waals surface area contributed by atoms with Gasteiger partial charge in [-0.1, -0.05) is 60.3 Å². The Labute approximate surface area is 188 Å². The van der Waals surface area contributed by atoms with E-state index in [0.29, 0.717) is 17.5 Å². The highest BCUT2D eigenvalue weighted by molar-refractivity contribution is 8.15. The Balaban J connectivity index is 1.44. The number of benzene rings is 3. The maximum atomic E-state index is 13.2. The van der Waals surface area contributed by atoms with E-state index in [-0.39, 0.29) is 11.7 Å². The molecule has 1 amide bonds. The smallest absolute Gasteiger partial charge is 0.243 e. The van der Waals surface area contributed by atoms with Crippen molar-refractivity contribution in [2.75, 3.05) is 10.7 Å². The largest absolute Gasteiger partial charge is 0.342 e. The molecule has 4 aromatic rings. The van der Waals surface area contributed by atoms with Crippen molar-refractivity contribution >= 4 is 45.6 Å². The summed E-state index contributed by atoms with van der Waals surface area (Å²) in [6.07, 6.45) is 3.72. The van der Waals surface area contributed by atoms with Crippen molar-refractivity contribution in [3.63, 3.8) is 0 Å². The third kappa shape index (κ3) is 4.07. The molecule has 5 nitrogen and oxygen atoms in total. The Bertz CT molecular complexity index is 1330. The highest BCUT2D eigenvalue weighted by Gasteiger charge is 2.29. The molecule has 2 heterocycles. The van der Waals surface area contributed by atoms with E-state index in [1.165, 1.54) is 23.9 Å². The van der Waals surface area contributed by atoms with Crippen LogP contribution in [0.2, 0.25) is 0 Å². The predicted molar refractivity (Wildman–Crippen MR) is 129 cm³/mol. The van der Waals surface area contributed by atoms with Gasteiger partial charge >= 0.3 is 0 Å². The lowest BCUT2D eigenvalue weighted by Crippen LogP contribution is -2.28. The van der Waals surface area contributed by atoms with Crippen molar-refractivity contribution in [1.82, 2.24) is 4.57 Å². The highest BCUT2D eigenvalue weighted by atomic mass is 32.2. The molecule has 1 aliphatic heterocycles. The number of anilines is 1. The Morgan fingerprint density at radius 2 is 1.72 bits per heavy atom. The first-order valence-electron chi connectivity index (χ1n) is 10.1. The Morgan fingerprint density at radius 1 is 0.969 bits per heavy atom. The number of nitrogens with zero attached hydrogens (tertiary/aromatic N) is 4. The summed E-state index contributed by atoms with van der Waals surface area (Å²) in [5.74, 6) is 0.0946. The van der Waals surface area contributed by atoms with Gasteiger partial charge in [-0.05, 0) is 35.9 Å². The number of rotatable bonds is 5. The van der Waals surface area contributed by atoms with E-state index >= 15 is 0 Å². The molecular weight excluding hydrogens is 423 g/mol. The second-order valence-corrected chi connectivity index (χ2v) is 8.28. The molecule has 0 aliphatic carbocycles. The molecule has 5 rings (SSSR count). The van der Waals surface area contributed by atoms with Gasteiger partial charge in [-0.2, -0.15) is 5.10 Å². The number of amides is 1. The summed E-state index contributed by atoms with van der Waals surface area (Å²) >= 11 is 1.38. The molecule has 1 aliphatic rings. The van der Waals surface area contributed by atoms with Crippen LogP contribution in [-0.2, 0) is 11.3 Å². The van der Waals surface area contributed by atoms with Crippen LogP contribution in [0.5, 0.6) is 0 Å². The van der Waals surface area contributed by atoms with Gasteiger partial charge in [0.15, 0.2) is 5.17 Å². The Morgan fingerprint density at radius 3 is 2.53 bits per heavy atom. The van der Waals surface area contributed by atoms with Crippen molar-refractivity contribution in [3.8, 4) is 0 Å². The van der Waals surface area contributed by atoms with Crippen molar-refractivity contribution in [2.45, 2.75) is 6.54 Å². The van der Waals surface area contributed by atoms with E-state index in [4.69, 9.17) is 0 Å². The Kier molecular flexibility index (Phi) is 5.56. The van der Waals surface area contributed by atoms with Crippen LogP contribution in [0.15, 0.2) is 95.3 Å². The summed E-state index contributed by atoms with van der Waals surface area (Å²) in [4.78, 5) is 13.9. The lowest BCUT2D eigenvalue weighted by atomic mass is 10.2. The van der Waals surface area contributed by atoms with Crippen LogP contribution in [0.1, 0.15) is 11.1 Å². The molecule has 0 radical (unpaired) electrons. The van der Waals surface area contributed by atoms with E-state index in [2.05, 4.69) is 14.8 Å². The fourth-order valence-electron chi connectivity index (χ4n) is 3.70. The lowest BCUT2D eigenvalue weighted by Gasteiger charge is -2.14. The number of halogens is 1. The lowest BCUT2D eigenvalue weighted by molar-refractivity contribution is -0.115. The molecule has 1 saturated heterocycles. The summed E-state index contributed by atoms with van der Waals surface area (Å²) in [7, 11) is 0. The molecule has 3 aromatic carbocycles. The topological polar surface area (TPSA) is 50.0 Å². The minimum absolute atomic E-state index is 0.00829. The van der Waals surface area contributed by atoms with E-state index < -0.39 is 0 Å². The number of thioether (sulfide) groups is 1. The molecule has 0 bridgehead atoms.